The molecule has 96 valence electrons. The summed E-state index contributed by atoms with van der Waals surface area (Å²) in [4.78, 5) is 11.8. The van der Waals surface area contributed by atoms with Gasteiger partial charge >= 0.3 is 6.18 Å². The van der Waals surface area contributed by atoms with Gasteiger partial charge in [0, 0.05) is 11.1 Å². The number of hydrogen-bond acceptors (Lipinski definition) is 1. The van der Waals surface area contributed by atoms with Gasteiger partial charge in [-0.05, 0) is 31.4 Å². The molecule has 0 radical (unpaired) electrons. The number of amides is 1. The van der Waals surface area contributed by atoms with E-state index in [0.29, 0.717) is 5.56 Å². The molecule has 0 atom stereocenters. The van der Waals surface area contributed by atoms with Crippen LogP contribution in [0.2, 0.25) is 0 Å². The second-order valence-corrected chi connectivity index (χ2v) is 5.41. The van der Waals surface area contributed by atoms with Gasteiger partial charge in [0.05, 0.1) is 5.41 Å². The summed E-state index contributed by atoms with van der Waals surface area (Å²) in [5.74, 6) is -0.286. The average molecular weight is 255 g/mol. The monoisotopic (exact) mass is 255 g/mol. The molecule has 0 aliphatic heterocycles. The molecule has 3 aliphatic rings. The molecule has 18 heavy (non-hydrogen) atoms. The first-order valence-electron chi connectivity index (χ1n) is 5.80. The van der Waals surface area contributed by atoms with Gasteiger partial charge < -0.3 is 5.32 Å². The minimum atomic E-state index is -4.13. The quantitative estimate of drug-likeness (QED) is 0.865. The summed E-state index contributed by atoms with van der Waals surface area (Å²) < 4.78 is 37.9. The molecule has 4 rings (SSSR count). The van der Waals surface area contributed by atoms with Crippen molar-refractivity contribution in [3.63, 3.8) is 0 Å². The highest BCUT2D eigenvalue weighted by molar-refractivity contribution is 5.95. The lowest BCUT2D eigenvalue weighted by Gasteiger charge is -2.70. The van der Waals surface area contributed by atoms with Crippen LogP contribution >= 0.6 is 0 Å². The number of alkyl halides is 3. The third-order valence-electron chi connectivity index (χ3n) is 4.05. The predicted octanol–water partition coefficient (Wildman–Crippen LogP) is 2.90. The third kappa shape index (κ3) is 1.46. The maximum atomic E-state index is 12.6. The SMILES string of the molecule is O=C(NC12CC(C(F)(F)F)(C1)C2)c1ccccc1. The van der Waals surface area contributed by atoms with E-state index in [0.717, 1.165) is 0 Å². The van der Waals surface area contributed by atoms with Crippen molar-refractivity contribution in [3.05, 3.63) is 35.9 Å². The Morgan fingerprint density at radius 2 is 1.67 bits per heavy atom. The van der Waals surface area contributed by atoms with Crippen molar-refractivity contribution in [2.75, 3.05) is 0 Å². The largest absolute Gasteiger partial charge is 0.394 e. The van der Waals surface area contributed by atoms with Crippen LogP contribution < -0.4 is 5.32 Å². The zero-order chi connectivity index (χ0) is 13.0. The summed E-state index contributed by atoms with van der Waals surface area (Å²) >= 11 is 0. The second-order valence-electron chi connectivity index (χ2n) is 5.41. The Bertz CT molecular complexity index is 475. The smallest absolute Gasteiger partial charge is 0.347 e. The van der Waals surface area contributed by atoms with E-state index in [1.807, 2.05) is 0 Å². The van der Waals surface area contributed by atoms with Gasteiger partial charge in [-0.2, -0.15) is 13.2 Å². The Labute approximate surface area is 102 Å². The van der Waals surface area contributed by atoms with E-state index in [1.54, 1.807) is 30.3 Å². The van der Waals surface area contributed by atoms with Gasteiger partial charge in [0.1, 0.15) is 0 Å². The Morgan fingerprint density at radius 3 is 2.17 bits per heavy atom. The van der Waals surface area contributed by atoms with Crippen LogP contribution in [0.3, 0.4) is 0 Å². The van der Waals surface area contributed by atoms with E-state index in [1.165, 1.54) is 0 Å². The molecule has 1 N–H and O–H groups in total. The topological polar surface area (TPSA) is 29.1 Å². The number of hydrogen-bond donors (Lipinski definition) is 1. The van der Waals surface area contributed by atoms with E-state index in [2.05, 4.69) is 5.32 Å². The Kier molecular flexibility index (Phi) is 2.10. The average Bonchev–Trinajstić information content (AvgIpc) is 2.20. The van der Waals surface area contributed by atoms with Crippen LogP contribution in [0.15, 0.2) is 30.3 Å². The van der Waals surface area contributed by atoms with Crippen molar-refractivity contribution in [2.45, 2.75) is 31.0 Å². The van der Waals surface area contributed by atoms with Crippen molar-refractivity contribution in [2.24, 2.45) is 5.41 Å². The normalized spacial score (nSPS) is 33.3. The van der Waals surface area contributed by atoms with E-state index in [-0.39, 0.29) is 25.2 Å². The van der Waals surface area contributed by atoms with Gasteiger partial charge in [0.2, 0.25) is 0 Å². The van der Waals surface area contributed by atoms with Gasteiger partial charge in [-0.3, -0.25) is 4.79 Å². The maximum absolute atomic E-state index is 12.6. The van der Waals surface area contributed by atoms with Crippen LogP contribution in [-0.2, 0) is 0 Å². The van der Waals surface area contributed by atoms with Crippen molar-refractivity contribution >= 4 is 5.91 Å². The maximum Gasteiger partial charge on any atom is 0.394 e. The van der Waals surface area contributed by atoms with Crippen LogP contribution in [0.1, 0.15) is 29.6 Å². The molecule has 3 fully saturated rings. The van der Waals surface area contributed by atoms with E-state index >= 15 is 0 Å². The lowest BCUT2D eigenvalue weighted by atomic mass is 9.39. The molecule has 0 saturated heterocycles. The zero-order valence-corrected chi connectivity index (χ0v) is 9.55. The Morgan fingerprint density at radius 1 is 1.11 bits per heavy atom. The van der Waals surface area contributed by atoms with Crippen LogP contribution in [0.25, 0.3) is 0 Å². The van der Waals surface area contributed by atoms with Crippen molar-refractivity contribution in [1.82, 2.24) is 5.32 Å². The molecular weight excluding hydrogens is 243 g/mol. The first-order chi connectivity index (χ1) is 8.36. The van der Waals surface area contributed by atoms with Crippen molar-refractivity contribution in [1.29, 1.82) is 0 Å². The second kappa shape index (κ2) is 3.28. The molecule has 0 unspecified atom stereocenters. The molecular formula is C13H12F3NO. The highest BCUT2D eigenvalue weighted by Gasteiger charge is 2.78. The van der Waals surface area contributed by atoms with Crippen LogP contribution in [0, 0.1) is 5.41 Å². The fourth-order valence-electron chi connectivity index (χ4n) is 3.12. The zero-order valence-electron chi connectivity index (χ0n) is 9.55. The number of carbonyl (C=O) groups excluding carboxylic acids is 1. The molecule has 3 aliphatic carbocycles. The van der Waals surface area contributed by atoms with Crippen molar-refractivity contribution < 1.29 is 18.0 Å². The standard InChI is InChI=1S/C13H12F3NO/c14-13(15,16)11-6-12(7-11,8-11)17-10(18)9-4-2-1-3-5-9/h1-5H,6-8H2,(H,17,18). The molecule has 1 aromatic carbocycles. The molecule has 1 aromatic rings. The number of halogens is 3. The molecule has 0 heterocycles. The van der Waals surface area contributed by atoms with Gasteiger partial charge in [-0.15, -0.1) is 0 Å². The minimum absolute atomic E-state index is 0.0298. The molecule has 3 saturated carbocycles. The van der Waals surface area contributed by atoms with E-state index in [4.69, 9.17) is 0 Å². The van der Waals surface area contributed by atoms with Crippen LogP contribution in [0.4, 0.5) is 13.2 Å². The van der Waals surface area contributed by atoms with Gasteiger partial charge in [-0.25, -0.2) is 0 Å². The first kappa shape index (κ1) is 11.6. The molecule has 0 aromatic heterocycles. The first-order valence-corrected chi connectivity index (χ1v) is 5.80. The number of carbonyl (C=O) groups is 1. The number of benzene rings is 1. The summed E-state index contributed by atoms with van der Waals surface area (Å²) in [6.07, 6.45) is -4.04. The minimum Gasteiger partial charge on any atom is -0.347 e. The molecule has 5 heteroatoms. The van der Waals surface area contributed by atoms with E-state index < -0.39 is 17.1 Å². The summed E-state index contributed by atoms with van der Waals surface area (Å²) in [5.41, 5.74) is -1.64. The van der Waals surface area contributed by atoms with E-state index in [9.17, 15) is 18.0 Å². The lowest BCUT2D eigenvalue weighted by molar-refractivity contribution is -0.336. The van der Waals surface area contributed by atoms with Crippen LogP contribution in [0.5, 0.6) is 0 Å². The fourth-order valence-corrected chi connectivity index (χ4v) is 3.12. The summed E-state index contributed by atoms with van der Waals surface area (Å²) in [5, 5.41) is 2.73. The predicted molar refractivity (Wildman–Crippen MR) is 59.0 cm³/mol. The third-order valence-corrected chi connectivity index (χ3v) is 4.05. The van der Waals surface area contributed by atoms with Crippen LogP contribution in [-0.4, -0.2) is 17.6 Å². The molecule has 2 nitrogen and oxygen atoms in total. The highest BCUT2D eigenvalue weighted by atomic mass is 19.4. The summed E-state index contributed by atoms with van der Waals surface area (Å²) in [7, 11) is 0. The number of rotatable bonds is 2. The Balaban J connectivity index is 1.64. The highest BCUT2D eigenvalue weighted by Crippen LogP contribution is 2.73. The van der Waals surface area contributed by atoms with Gasteiger partial charge in [0.15, 0.2) is 0 Å². The summed E-state index contributed by atoms with van der Waals surface area (Å²) in [6, 6.07) is 8.55. The summed E-state index contributed by atoms with van der Waals surface area (Å²) in [6.45, 7) is 0. The lowest BCUT2D eigenvalue weighted by Crippen LogP contribution is -2.78. The van der Waals surface area contributed by atoms with Crippen molar-refractivity contribution in [3.8, 4) is 0 Å². The molecule has 1 amide bonds. The molecule has 0 spiro atoms. The Hall–Kier alpha value is -1.52. The van der Waals surface area contributed by atoms with Gasteiger partial charge in [-0.1, -0.05) is 18.2 Å². The number of nitrogens with one attached hydrogen (secondary N) is 1. The fraction of sp³-hybridized carbons (Fsp3) is 0.462. The molecule has 2 bridgehead atoms. The van der Waals surface area contributed by atoms with Gasteiger partial charge in [0.25, 0.3) is 5.91 Å².